The van der Waals surface area contributed by atoms with Gasteiger partial charge in [0.2, 0.25) is 0 Å². The maximum Gasteiger partial charge on any atom is 0.573 e. The molecule has 1 aliphatic heterocycles. The van der Waals surface area contributed by atoms with E-state index in [-0.39, 0.29) is 23.3 Å². The van der Waals surface area contributed by atoms with Crippen LogP contribution in [0.3, 0.4) is 0 Å². The van der Waals surface area contributed by atoms with E-state index in [0.717, 1.165) is 12.1 Å². The largest absolute Gasteiger partial charge is 0.573 e. The number of benzene rings is 1. The fourth-order valence-corrected chi connectivity index (χ4v) is 2.58. The van der Waals surface area contributed by atoms with Gasteiger partial charge in [-0.2, -0.15) is 5.26 Å². The highest BCUT2D eigenvalue weighted by Crippen LogP contribution is 2.28. The molecule has 0 spiro atoms. The predicted molar refractivity (Wildman–Crippen MR) is 81.7 cm³/mol. The Hall–Kier alpha value is -3.22. The molecule has 0 aliphatic carbocycles. The molecule has 1 atom stereocenters. The third-order valence-electron chi connectivity index (χ3n) is 3.72. The van der Waals surface area contributed by atoms with Crippen molar-refractivity contribution in [1.29, 1.82) is 5.26 Å². The zero-order chi connectivity index (χ0) is 18.7. The lowest BCUT2D eigenvalue weighted by molar-refractivity contribution is -0.274. The van der Waals surface area contributed by atoms with Gasteiger partial charge in [-0.1, -0.05) is 12.1 Å². The lowest BCUT2D eigenvalue weighted by atomic mass is 10.2. The molecule has 1 fully saturated rings. The van der Waals surface area contributed by atoms with Gasteiger partial charge in [0, 0.05) is 24.7 Å². The van der Waals surface area contributed by atoms with Gasteiger partial charge in [-0.25, -0.2) is 4.98 Å². The Morgan fingerprint density at radius 3 is 2.96 bits per heavy atom. The SMILES string of the molecule is N#CN1CCC(NC(=O)c2ncc(-c3cccc(OC(F)(F)F)c3)o2)C1. The topological polar surface area (TPSA) is 91.4 Å². The van der Waals surface area contributed by atoms with Crippen molar-refractivity contribution in [2.45, 2.75) is 18.8 Å². The van der Waals surface area contributed by atoms with Crippen molar-refractivity contribution in [3.05, 3.63) is 36.4 Å². The minimum Gasteiger partial charge on any atom is -0.432 e. The number of oxazole rings is 1. The fourth-order valence-electron chi connectivity index (χ4n) is 2.58. The summed E-state index contributed by atoms with van der Waals surface area (Å²) < 4.78 is 46.1. The standard InChI is InChI=1S/C16H13F3N4O3/c17-16(18,19)26-12-3-1-2-10(6-12)13-7-21-15(25-13)14(24)22-11-4-5-23(8-11)9-20/h1-3,6-7,11H,4-5,8H2,(H,22,24). The normalized spacial score (nSPS) is 17.0. The summed E-state index contributed by atoms with van der Waals surface area (Å²) in [6.45, 7) is 0.969. The highest BCUT2D eigenvalue weighted by atomic mass is 19.4. The van der Waals surface area contributed by atoms with Crippen LogP contribution >= 0.6 is 0 Å². The lowest BCUT2D eigenvalue weighted by Gasteiger charge is -2.10. The molecule has 1 amide bonds. The van der Waals surface area contributed by atoms with E-state index in [1.54, 1.807) is 0 Å². The van der Waals surface area contributed by atoms with Gasteiger partial charge < -0.3 is 19.4 Å². The summed E-state index contributed by atoms with van der Waals surface area (Å²) in [5.41, 5.74) is 0.287. The van der Waals surface area contributed by atoms with Crippen molar-refractivity contribution in [3.63, 3.8) is 0 Å². The first-order chi connectivity index (χ1) is 12.3. The summed E-state index contributed by atoms with van der Waals surface area (Å²) in [6.07, 6.45) is -0.920. The molecule has 26 heavy (non-hydrogen) atoms. The third kappa shape index (κ3) is 4.24. The molecule has 1 N–H and O–H groups in total. The summed E-state index contributed by atoms with van der Waals surface area (Å²) in [7, 11) is 0. The first-order valence-corrected chi connectivity index (χ1v) is 7.61. The fraction of sp³-hybridized carbons (Fsp3) is 0.312. The van der Waals surface area contributed by atoms with Crippen molar-refractivity contribution >= 4 is 5.91 Å². The van der Waals surface area contributed by atoms with Crippen LogP contribution in [0.1, 0.15) is 17.1 Å². The van der Waals surface area contributed by atoms with Crippen LogP contribution in [-0.4, -0.2) is 41.3 Å². The molecule has 1 unspecified atom stereocenters. The van der Waals surface area contributed by atoms with Gasteiger partial charge in [-0.05, 0) is 18.6 Å². The van der Waals surface area contributed by atoms with Gasteiger partial charge >= 0.3 is 12.3 Å². The molecule has 0 saturated carbocycles. The first kappa shape index (κ1) is 17.6. The second kappa shape index (κ2) is 6.95. The van der Waals surface area contributed by atoms with Crippen molar-refractivity contribution in [2.24, 2.45) is 0 Å². The van der Waals surface area contributed by atoms with Gasteiger partial charge in [0.25, 0.3) is 5.89 Å². The maximum atomic E-state index is 12.3. The monoisotopic (exact) mass is 366 g/mol. The number of carbonyl (C=O) groups excluding carboxylic acids is 1. The summed E-state index contributed by atoms with van der Waals surface area (Å²) in [5.74, 6) is -1.03. The Labute approximate surface area is 146 Å². The first-order valence-electron chi connectivity index (χ1n) is 7.61. The Morgan fingerprint density at radius 2 is 2.27 bits per heavy atom. The van der Waals surface area contributed by atoms with E-state index in [1.807, 2.05) is 6.19 Å². The number of alkyl halides is 3. The van der Waals surface area contributed by atoms with Crippen LogP contribution in [0.2, 0.25) is 0 Å². The van der Waals surface area contributed by atoms with Crippen molar-refractivity contribution in [2.75, 3.05) is 13.1 Å². The van der Waals surface area contributed by atoms with Crippen LogP contribution in [0, 0.1) is 11.5 Å². The average molecular weight is 366 g/mol. The molecule has 136 valence electrons. The summed E-state index contributed by atoms with van der Waals surface area (Å²) in [4.78, 5) is 17.5. The summed E-state index contributed by atoms with van der Waals surface area (Å²) >= 11 is 0. The molecular weight excluding hydrogens is 353 g/mol. The van der Waals surface area contributed by atoms with E-state index in [0.29, 0.717) is 19.5 Å². The van der Waals surface area contributed by atoms with Crippen LogP contribution in [0.5, 0.6) is 5.75 Å². The Bertz CT molecular complexity index is 844. The van der Waals surface area contributed by atoms with Crippen molar-refractivity contribution in [1.82, 2.24) is 15.2 Å². The smallest absolute Gasteiger partial charge is 0.432 e. The zero-order valence-electron chi connectivity index (χ0n) is 13.3. The number of ether oxygens (including phenoxy) is 1. The number of nitrogens with one attached hydrogen (secondary N) is 1. The molecule has 1 aromatic heterocycles. The molecule has 2 heterocycles. The minimum absolute atomic E-state index is 0.132. The number of amides is 1. The molecular formula is C16H13F3N4O3. The van der Waals surface area contributed by atoms with Gasteiger partial charge in [0.1, 0.15) is 5.75 Å². The van der Waals surface area contributed by atoms with Crippen LogP contribution in [-0.2, 0) is 0 Å². The third-order valence-corrected chi connectivity index (χ3v) is 3.72. The molecule has 3 rings (SSSR count). The van der Waals surface area contributed by atoms with Gasteiger partial charge in [0.05, 0.1) is 6.20 Å². The molecule has 0 bridgehead atoms. The number of likely N-dealkylation sites (tertiary alicyclic amines) is 1. The molecule has 10 heteroatoms. The van der Waals surface area contributed by atoms with E-state index < -0.39 is 18.0 Å². The number of hydrogen-bond acceptors (Lipinski definition) is 6. The molecule has 1 aliphatic rings. The average Bonchev–Trinajstić information content (AvgIpc) is 3.22. The molecule has 1 aromatic carbocycles. The molecule has 1 saturated heterocycles. The van der Waals surface area contributed by atoms with Crippen LogP contribution < -0.4 is 10.1 Å². The Balaban J connectivity index is 1.69. The number of hydrogen-bond donors (Lipinski definition) is 1. The number of nitrogens with zero attached hydrogens (tertiary/aromatic N) is 3. The number of aromatic nitrogens is 1. The Morgan fingerprint density at radius 1 is 1.46 bits per heavy atom. The highest BCUT2D eigenvalue weighted by Gasteiger charge is 2.31. The molecule has 7 nitrogen and oxygen atoms in total. The quantitative estimate of drug-likeness (QED) is 0.836. The van der Waals surface area contributed by atoms with Crippen LogP contribution in [0.4, 0.5) is 13.2 Å². The van der Waals surface area contributed by atoms with Crippen LogP contribution in [0.25, 0.3) is 11.3 Å². The minimum atomic E-state index is -4.80. The van der Waals surface area contributed by atoms with E-state index in [9.17, 15) is 18.0 Å². The van der Waals surface area contributed by atoms with E-state index in [1.165, 1.54) is 23.2 Å². The van der Waals surface area contributed by atoms with E-state index in [2.05, 4.69) is 15.0 Å². The second-order valence-corrected chi connectivity index (χ2v) is 5.61. The van der Waals surface area contributed by atoms with E-state index >= 15 is 0 Å². The van der Waals surface area contributed by atoms with Crippen molar-refractivity contribution < 1.29 is 27.1 Å². The summed E-state index contributed by atoms with van der Waals surface area (Å²) in [5, 5.41) is 11.5. The van der Waals surface area contributed by atoms with Crippen LogP contribution in [0.15, 0.2) is 34.9 Å². The molecule has 0 radical (unpaired) electrons. The molecule has 2 aromatic rings. The maximum absolute atomic E-state index is 12.3. The van der Waals surface area contributed by atoms with Gasteiger partial charge in [-0.3, -0.25) is 4.79 Å². The summed E-state index contributed by atoms with van der Waals surface area (Å²) in [6, 6.07) is 4.97. The predicted octanol–water partition coefficient (Wildman–Crippen LogP) is 2.53. The second-order valence-electron chi connectivity index (χ2n) is 5.61. The van der Waals surface area contributed by atoms with Crippen molar-refractivity contribution in [3.8, 4) is 23.3 Å². The lowest BCUT2D eigenvalue weighted by Crippen LogP contribution is -2.36. The van der Waals surface area contributed by atoms with E-state index in [4.69, 9.17) is 9.68 Å². The Kier molecular flexibility index (Phi) is 4.71. The number of carbonyl (C=O) groups is 1. The number of halogens is 3. The zero-order valence-corrected chi connectivity index (χ0v) is 13.3. The van der Waals surface area contributed by atoms with Gasteiger partial charge in [0.15, 0.2) is 12.0 Å². The highest BCUT2D eigenvalue weighted by molar-refractivity contribution is 5.90. The number of nitriles is 1. The number of rotatable bonds is 4. The van der Waals surface area contributed by atoms with Gasteiger partial charge in [-0.15, -0.1) is 13.2 Å².